The third-order valence-corrected chi connectivity index (χ3v) is 6.97. The van der Waals surface area contributed by atoms with Gasteiger partial charge in [-0.05, 0) is 73.2 Å². The Morgan fingerprint density at radius 1 is 1.16 bits per heavy atom. The van der Waals surface area contributed by atoms with E-state index in [-0.39, 0.29) is 18.0 Å². The summed E-state index contributed by atoms with van der Waals surface area (Å²) < 4.78 is 11.9. The molecule has 37 heavy (non-hydrogen) atoms. The van der Waals surface area contributed by atoms with Gasteiger partial charge in [0.1, 0.15) is 23.3 Å². The van der Waals surface area contributed by atoms with Crippen molar-refractivity contribution in [3.8, 4) is 17.1 Å². The Morgan fingerprint density at radius 3 is 2.70 bits per heavy atom. The van der Waals surface area contributed by atoms with Crippen LogP contribution in [0.4, 0.5) is 11.4 Å². The largest absolute Gasteiger partial charge is 0.495 e. The predicted molar refractivity (Wildman–Crippen MR) is 149 cm³/mol. The molecule has 2 aromatic heterocycles. The summed E-state index contributed by atoms with van der Waals surface area (Å²) in [4.78, 5) is 18.4. The maximum atomic E-state index is 11.8. The van der Waals surface area contributed by atoms with Crippen molar-refractivity contribution >= 4 is 46.2 Å². The van der Waals surface area contributed by atoms with Crippen molar-refractivity contribution in [1.82, 2.24) is 10.3 Å². The Bertz CT molecular complexity index is 1470. The first-order chi connectivity index (χ1) is 17.9. The normalized spacial score (nSPS) is 17.0. The molecule has 0 saturated carbocycles. The fourth-order valence-corrected chi connectivity index (χ4v) is 4.99. The third kappa shape index (κ3) is 4.90. The smallest absolute Gasteiger partial charge is 0.221 e. The zero-order chi connectivity index (χ0) is 26.1. The summed E-state index contributed by atoms with van der Waals surface area (Å²) in [5.41, 5.74) is 4.02. The Hall–Kier alpha value is -3.88. The van der Waals surface area contributed by atoms with Crippen LogP contribution in [-0.4, -0.2) is 23.1 Å². The van der Waals surface area contributed by atoms with E-state index in [1.54, 1.807) is 19.4 Å². The molecule has 9 heteroatoms. The van der Waals surface area contributed by atoms with Crippen LogP contribution in [0.1, 0.15) is 36.0 Å². The standard InChI is InChI=1S/C28H25ClN4O3S/c1-16-7-8-18(14-20(16)29)23-11-12-25(36-23)27-26(21-6-4-5-13-30-21)32-28(37)33(27)19-9-10-24(35-3)22(15-19)31-17(2)34/h4-15,26-27H,1-3H3,(H,31,34)(H,32,37)/t26-,27+/m1/s1. The number of hydrogen-bond acceptors (Lipinski definition) is 5. The molecule has 3 heterocycles. The van der Waals surface area contributed by atoms with Gasteiger partial charge in [-0.3, -0.25) is 9.78 Å². The van der Waals surface area contributed by atoms with Crippen molar-refractivity contribution in [2.45, 2.75) is 25.9 Å². The van der Waals surface area contributed by atoms with Crippen LogP contribution in [0.25, 0.3) is 11.3 Å². The molecule has 1 amide bonds. The number of thiocarbonyl (C=S) groups is 1. The summed E-state index contributed by atoms with van der Waals surface area (Å²) in [7, 11) is 1.56. The fraction of sp³-hybridized carbons (Fsp3) is 0.179. The van der Waals surface area contributed by atoms with E-state index in [1.165, 1.54) is 6.92 Å². The average Bonchev–Trinajstić information content (AvgIpc) is 3.50. The summed E-state index contributed by atoms with van der Waals surface area (Å²) in [6.07, 6.45) is 1.75. The number of ether oxygens (including phenoxy) is 1. The van der Waals surface area contributed by atoms with Gasteiger partial charge in [0.15, 0.2) is 5.11 Å². The Morgan fingerprint density at radius 2 is 2.00 bits per heavy atom. The molecule has 2 N–H and O–H groups in total. The molecule has 1 aliphatic rings. The number of hydrogen-bond donors (Lipinski definition) is 2. The number of anilines is 2. The molecule has 2 aromatic carbocycles. The van der Waals surface area contributed by atoms with Gasteiger partial charge >= 0.3 is 0 Å². The number of amides is 1. The summed E-state index contributed by atoms with van der Waals surface area (Å²) in [5.74, 6) is 1.74. The molecule has 5 rings (SSSR count). The second kappa shape index (κ2) is 10.2. The van der Waals surface area contributed by atoms with Crippen LogP contribution in [0.3, 0.4) is 0 Å². The zero-order valence-electron chi connectivity index (χ0n) is 20.5. The first-order valence-electron chi connectivity index (χ1n) is 11.7. The molecule has 1 fully saturated rings. The van der Waals surface area contributed by atoms with Crippen LogP contribution in [0.5, 0.6) is 5.75 Å². The van der Waals surface area contributed by atoms with Crippen molar-refractivity contribution in [2.75, 3.05) is 17.3 Å². The number of pyridine rings is 1. The third-order valence-electron chi connectivity index (χ3n) is 6.24. The molecule has 0 bridgehead atoms. The second-order valence-electron chi connectivity index (χ2n) is 8.73. The number of aryl methyl sites for hydroxylation is 1. The number of halogens is 1. The van der Waals surface area contributed by atoms with Gasteiger partial charge in [0.05, 0.1) is 24.5 Å². The van der Waals surface area contributed by atoms with Crippen LogP contribution in [0, 0.1) is 6.92 Å². The number of rotatable bonds is 6. The van der Waals surface area contributed by atoms with E-state index < -0.39 is 0 Å². The van der Waals surface area contributed by atoms with Crippen molar-refractivity contribution in [1.29, 1.82) is 0 Å². The van der Waals surface area contributed by atoms with Crippen LogP contribution in [-0.2, 0) is 4.79 Å². The fourth-order valence-electron chi connectivity index (χ4n) is 4.47. The number of nitrogens with zero attached hydrogens (tertiary/aromatic N) is 2. The lowest BCUT2D eigenvalue weighted by Crippen LogP contribution is -2.29. The van der Waals surface area contributed by atoms with Crippen molar-refractivity contribution in [3.05, 3.63) is 95.0 Å². The molecule has 0 spiro atoms. The number of methoxy groups -OCH3 is 1. The van der Waals surface area contributed by atoms with E-state index in [1.807, 2.05) is 72.5 Å². The minimum absolute atomic E-state index is 0.201. The average molecular weight is 533 g/mol. The van der Waals surface area contributed by atoms with Gasteiger partial charge in [-0.15, -0.1) is 0 Å². The summed E-state index contributed by atoms with van der Waals surface area (Å²) in [6.45, 7) is 3.42. The first-order valence-corrected chi connectivity index (χ1v) is 12.5. The molecule has 2 atom stereocenters. The quantitative estimate of drug-likeness (QED) is 0.276. The molecule has 1 aliphatic heterocycles. The Balaban J connectivity index is 1.60. The molecule has 0 radical (unpaired) electrons. The van der Waals surface area contributed by atoms with E-state index in [9.17, 15) is 4.79 Å². The molecule has 4 aromatic rings. The first kappa shape index (κ1) is 24.8. The molecular weight excluding hydrogens is 508 g/mol. The highest BCUT2D eigenvalue weighted by Gasteiger charge is 2.42. The highest BCUT2D eigenvalue weighted by molar-refractivity contribution is 7.80. The van der Waals surface area contributed by atoms with E-state index >= 15 is 0 Å². The topological polar surface area (TPSA) is 79.6 Å². The van der Waals surface area contributed by atoms with Gasteiger partial charge in [0, 0.05) is 29.4 Å². The number of carbonyl (C=O) groups excluding carboxylic acids is 1. The van der Waals surface area contributed by atoms with Gasteiger partial charge in [-0.2, -0.15) is 0 Å². The van der Waals surface area contributed by atoms with Crippen LogP contribution in [0.2, 0.25) is 5.02 Å². The summed E-state index contributed by atoms with van der Waals surface area (Å²) in [5, 5.41) is 7.44. The molecule has 0 aliphatic carbocycles. The Kier molecular flexibility index (Phi) is 6.86. The summed E-state index contributed by atoms with van der Waals surface area (Å²) >= 11 is 12.2. The van der Waals surface area contributed by atoms with Gasteiger partial charge in [0.25, 0.3) is 0 Å². The number of nitrogens with one attached hydrogen (secondary N) is 2. The second-order valence-corrected chi connectivity index (χ2v) is 9.52. The van der Waals surface area contributed by atoms with Crippen LogP contribution in [0.15, 0.2) is 77.3 Å². The maximum absolute atomic E-state index is 11.8. The molecule has 7 nitrogen and oxygen atoms in total. The number of aromatic nitrogens is 1. The predicted octanol–water partition coefficient (Wildman–Crippen LogP) is 6.45. The lowest BCUT2D eigenvalue weighted by atomic mass is 10.0. The molecule has 1 saturated heterocycles. The highest BCUT2D eigenvalue weighted by Crippen LogP contribution is 2.44. The lowest BCUT2D eigenvalue weighted by Gasteiger charge is -2.27. The van der Waals surface area contributed by atoms with Crippen molar-refractivity contribution in [2.24, 2.45) is 0 Å². The van der Waals surface area contributed by atoms with Crippen molar-refractivity contribution < 1.29 is 13.9 Å². The van der Waals surface area contributed by atoms with E-state index in [0.717, 1.165) is 22.5 Å². The Labute approximate surface area is 225 Å². The van der Waals surface area contributed by atoms with Gasteiger partial charge in [-0.25, -0.2) is 0 Å². The minimum Gasteiger partial charge on any atom is -0.495 e. The summed E-state index contributed by atoms with van der Waals surface area (Å²) in [6, 6.07) is 20.4. The van der Waals surface area contributed by atoms with Gasteiger partial charge in [-0.1, -0.05) is 29.8 Å². The number of benzene rings is 2. The monoisotopic (exact) mass is 532 g/mol. The van der Waals surface area contributed by atoms with Crippen LogP contribution >= 0.6 is 23.8 Å². The van der Waals surface area contributed by atoms with E-state index in [0.29, 0.717) is 33.1 Å². The highest BCUT2D eigenvalue weighted by atomic mass is 35.5. The number of carbonyl (C=O) groups is 1. The minimum atomic E-state index is -0.351. The lowest BCUT2D eigenvalue weighted by molar-refractivity contribution is -0.114. The maximum Gasteiger partial charge on any atom is 0.221 e. The molecule has 0 unspecified atom stereocenters. The molecule has 188 valence electrons. The van der Waals surface area contributed by atoms with E-state index in [2.05, 4.69) is 15.6 Å². The molecular formula is C28H25ClN4O3S. The van der Waals surface area contributed by atoms with E-state index in [4.69, 9.17) is 33.0 Å². The zero-order valence-corrected chi connectivity index (χ0v) is 22.1. The van der Waals surface area contributed by atoms with Gasteiger partial charge in [0.2, 0.25) is 5.91 Å². The van der Waals surface area contributed by atoms with Gasteiger partial charge < -0.3 is 24.7 Å². The van der Waals surface area contributed by atoms with Crippen molar-refractivity contribution in [3.63, 3.8) is 0 Å². The number of furan rings is 1. The SMILES string of the molecule is COc1ccc(N2C(=S)N[C@H](c3ccccn3)[C@@H]2c2ccc(-c3ccc(C)c(Cl)c3)o2)cc1NC(C)=O. The van der Waals surface area contributed by atoms with Crippen LogP contribution < -0.4 is 20.3 Å².